The Morgan fingerprint density at radius 3 is 2.56 bits per heavy atom. The average Bonchev–Trinajstić information content (AvgIpc) is 2.90. The SMILES string of the molecule is CC(C)C(NC(C)C1CCOCC1)c1cccs1. The van der Waals surface area contributed by atoms with Crippen LogP contribution in [0.1, 0.15) is 44.5 Å². The lowest BCUT2D eigenvalue weighted by Gasteiger charge is -2.33. The van der Waals surface area contributed by atoms with Gasteiger partial charge < -0.3 is 10.1 Å². The molecule has 3 heteroatoms. The van der Waals surface area contributed by atoms with E-state index in [9.17, 15) is 0 Å². The molecule has 1 fully saturated rings. The smallest absolute Gasteiger partial charge is 0.0469 e. The van der Waals surface area contributed by atoms with E-state index >= 15 is 0 Å². The molecule has 0 saturated carbocycles. The van der Waals surface area contributed by atoms with E-state index in [0.717, 1.165) is 19.1 Å². The van der Waals surface area contributed by atoms with Gasteiger partial charge in [-0.25, -0.2) is 0 Å². The lowest BCUT2D eigenvalue weighted by Crippen LogP contribution is -2.40. The molecule has 2 rings (SSSR count). The van der Waals surface area contributed by atoms with Crippen molar-refractivity contribution in [3.63, 3.8) is 0 Å². The van der Waals surface area contributed by atoms with Crippen molar-refractivity contribution in [1.82, 2.24) is 5.32 Å². The van der Waals surface area contributed by atoms with Crippen molar-refractivity contribution in [2.75, 3.05) is 13.2 Å². The second-order valence-corrected chi connectivity index (χ2v) is 6.62. The minimum Gasteiger partial charge on any atom is -0.381 e. The van der Waals surface area contributed by atoms with Crippen molar-refractivity contribution in [3.8, 4) is 0 Å². The fourth-order valence-electron chi connectivity index (χ4n) is 2.71. The molecule has 102 valence electrons. The number of hydrogen-bond donors (Lipinski definition) is 1. The zero-order valence-electron chi connectivity index (χ0n) is 11.7. The van der Waals surface area contributed by atoms with Crippen molar-refractivity contribution < 1.29 is 4.74 Å². The van der Waals surface area contributed by atoms with Gasteiger partial charge in [-0.3, -0.25) is 0 Å². The van der Waals surface area contributed by atoms with E-state index in [1.54, 1.807) is 0 Å². The van der Waals surface area contributed by atoms with E-state index < -0.39 is 0 Å². The third-order valence-corrected chi connectivity index (χ3v) is 4.89. The Labute approximate surface area is 115 Å². The van der Waals surface area contributed by atoms with Crippen molar-refractivity contribution in [1.29, 1.82) is 0 Å². The topological polar surface area (TPSA) is 21.3 Å². The van der Waals surface area contributed by atoms with Crippen molar-refractivity contribution in [3.05, 3.63) is 22.4 Å². The Morgan fingerprint density at radius 2 is 2.00 bits per heavy atom. The minimum atomic E-state index is 0.489. The van der Waals surface area contributed by atoms with E-state index in [-0.39, 0.29) is 0 Å². The van der Waals surface area contributed by atoms with Crippen LogP contribution in [0, 0.1) is 11.8 Å². The number of thiophene rings is 1. The molecular formula is C15H25NOS. The summed E-state index contributed by atoms with van der Waals surface area (Å²) in [6, 6.07) is 5.46. The zero-order valence-corrected chi connectivity index (χ0v) is 12.5. The van der Waals surface area contributed by atoms with Gasteiger partial charge in [0.2, 0.25) is 0 Å². The molecular weight excluding hydrogens is 242 g/mol. The van der Waals surface area contributed by atoms with Crippen LogP contribution in [-0.2, 0) is 4.74 Å². The van der Waals surface area contributed by atoms with Gasteiger partial charge in [0.25, 0.3) is 0 Å². The van der Waals surface area contributed by atoms with Crippen LogP contribution in [0.25, 0.3) is 0 Å². The highest BCUT2D eigenvalue weighted by Gasteiger charge is 2.25. The summed E-state index contributed by atoms with van der Waals surface area (Å²) in [5.74, 6) is 1.39. The number of rotatable bonds is 5. The maximum absolute atomic E-state index is 5.45. The number of ether oxygens (including phenoxy) is 1. The van der Waals surface area contributed by atoms with Crippen molar-refractivity contribution >= 4 is 11.3 Å². The van der Waals surface area contributed by atoms with Crippen LogP contribution in [0.2, 0.25) is 0 Å². The van der Waals surface area contributed by atoms with Crippen LogP contribution >= 0.6 is 11.3 Å². The maximum Gasteiger partial charge on any atom is 0.0469 e. The Hall–Kier alpha value is -0.380. The Balaban J connectivity index is 1.96. The summed E-state index contributed by atoms with van der Waals surface area (Å²) < 4.78 is 5.45. The van der Waals surface area contributed by atoms with E-state index in [2.05, 4.69) is 43.6 Å². The first-order chi connectivity index (χ1) is 8.68. The molecule has 2 nitrogen and oxygen atoms in total. The summed E-state index contributed by atoms with van der Waals surface area (Å²) in [5.41, 5.74) is 0. The predicted molar refractivity (Wildman–Crippen MR) is 78.0 cm³/mol. The molecule has 1 aliphatic heterocycles. The van der Waals surface area contributed by atoms with E-state index in [4.69, 9.17) is 4.74 Å². The summed E-state index contributed by atoms with van der Waals surface area (Å²) >= 11 is 1.86. The summed E-state index contributed by atoms with van der Waals surface area (Å²) in [4.78, 5) is 1.46. The highest BCUT2D eigenvalue weighted by molar-refractivity contribution is 7.10. The Bertz CT molecular complexity index is 330. The monoisotopic (exact) mass is 267 g/mol. The van der Waals surface area contributed by atoms with Gasteiger partial charge in [0, 0.05) is 30.2 Å². The van der Waals surface area contributed by atoms with Gasteiger partial charge in [-0.15, -0.1) is 11.3 Å². The normalized spacial score (nSPS) is 21.1. The molecule has 0 spiro atoms. The molecule has 1 aromatic rings. The third kappa shape index (κ3) is 3.56. The van der Waals surface area contributed by atoms with Gasteiger partial charge in [-0.1, -0.05) is 19.9 Å². The molecule has 1 saturated heterocycles. The summed E-state index contributed by atoms with van der Waals surface area (Å²) in [6.45, 7) is 8.80. The molecule has 1 aromatic heterocycles. The fourth-order valence-corrected chi connectivity index (χ4v) is 3.66. The summed E-state index contributed by atoms with van der Waals surface area (Å²) in [6.07, 6.45) is 2.40. The molecule has 0 radical (unpaired) electrons. The largest absolute Gasteiger partial charge is 0.381 e. The van der Waals surface area contributed by atoms with Crippen LogP contribution in [0.15, 0.2) is 17.5 Å². The highest BCUT2D eigenvalue weighted by Crippen LogP contribution is 2.28. The van der Waals surface area contributed by atoms with E-state index in [1.165, 1.54) is 17.7 Å². The highest BCUT2D eigenvalue weighted by atomic mass is 32.1. The average molecular weight is 267 g/mol. The zero-order chi connectivity index (χ0) is 13.0. The molecule has 1 N–H and O–H groups in total. The number of nitrogens with one attached hydrogen (secondary N) is 1. The molecule has 0 amide bonds. The lowest BCUT2D eigenvalue weighted by atomic mass is 9.91. The van der Waals surface area contributed by atoms with Crippen LogP contribution < -0.4 is 5.32 Å². The molecule has 0 aromatic carbocycles. The van der Waals surface area contributed by atoms with Gasteiger partial charge in [0.15, 0.2) is 0 Å². The minimum absolute atomic E-state index is 0.489. The molecule has 0 bridgehead atoms. The first-order valence-electron chi connectivity index (χ1n) is 7.05. The Morgan fingerprint density at radius 1 is 1.28 bits per heavy atom. The first-order valence-corrected chi connectivity index (χ1v) is 7.93. The second kappa shape index (κ2) is 6.69. The molecule has 2 atom stereocenters. The molecule has 2 unspecified atom stereocenters. The quantitative estimate of drug-likeness (QED) is 0.875. The van der Waals surface area contributed by atoms with Crippen molar-refractivity contribution in [2.45, 2.75) is 45.7 Å². The number of hydrogen-bond acceptors (Lipinski definition) is 3. The molecule has 0 aliphatic carbocycles. The van der Waals surface area contributed by atoms with Gasteiger partial charge in [0.1, 0.15) is 0 Å². The maximum atomic E-state index is 5.45. The lowest BCUT2D eigenvalue weighted by molar-refractivity contribution is 0.0535. The summed E-state index contributed by atoms with van der Waals surface area (Å²) in [5, 5.41) is 6.02. The fraction of sp³-hybridized carbons (Fsp3) is 0.733. The molecule has 1 aliphatic rings. The van der Waals surface area contributed by atoms with Gasteiger partial charge in [-0.2, -0.15) is 0 Å². The molecule has 18 heavy (non-hydrogen) atoms. The van der Waals surface area contributed by atoms with Crippen LogP contribution in [0.4, 0.5) is 0 Å². The van der Waals surface area contributed by atoms with Crippen LogP contribution in [0.5, 0.6) is 0 Å². The first kappa shape index (κ1) is 14.0. The van der Waals surface area contributed by atoms with Crippen LogP contribution in [-0.4, -0.2) is 19.3 Å². The van der Waals surface area contributed by atoms with Gasteiger partial charge in [0.05, 0.1) is 0 Å². The van der Waals surface area contributed by atoms with Gasteiger partial charge in [-0.05, 0) is 43.0 Å². The standard InChI is InChI=1S/C15H25NOS/c1-11(2)15(14-5-4-10-18-14)16-12(3)13-6-8-17-9-7-13/h4-5,10-13,15-16H,6-9H2,1-3H3. The molecule has 2 heterocycles. The van der Waals surface area contributed by atoms with Crippen molar-refractivity contribution in [2.24, 2.45) is 11.8 Å². The summed E-state index contributed by atoms with van der Waals surface area (Å²) in [7, 11) is 0. The van der Waals surface area contributed by atoms with E-state index in [0.29, 0.717) is 18.0 Å². The van der Waals surface area contributed by atoms with Crippen LogP contribution in [0.3, 0.4) is 0 Å². The third-order valence-electron chi connectivity index (χ3n) is 3.93. The predicted octanol–water partition coefficient (Wildman–Crippen LogP) is 3.85. The second-order valence-electron chi connectivity index (χ2n) is 5.64. The van der Waals surface area contributed by atoms with Gasteiger partial charge >= 0.3 is 0 Å². The van der Waals surface area contributed by atoms with E-state index in [1.807, 2.05) is 11.3 Å². The Kier molecular flexibility index (Phi) is 5.22.